The Hall–Kier alpha value is -1.62. The number of carbonyl (C=O) groups excluding carboxylic acids is 1. The number of esters is 1. The van der Waals surface area contributed by atoms with Gasteiger partial charge < -0.3 is 14.9 Å². The van der Waals surface area contributed by atoms with Crippen LogP contribution in [0.2, 0.25) is 0 Å². The third-order valence-corrected chi connectivity index (χ3v) is 5.01. The average Bonchev–Trinajstić information content (AvgIpc) is 2.44. The van der Waals surface area contributed by atoms with Crippen LogP contribution in [-0.2, 0) is 14.3 Å². The molecule has 3 atom stereocenters. The molecule has 0 amide bonds. The van der Waals surface area contributed by atoms with E-state index in [1.54, 1.807) is 6.92 Å². The zero-order chi connectivity index (χ0) is 16.5. The van der Waals surface area contributed by atoms with Crippen molar-refractivity contribution in [2.24, 2.45) is 17.8 Å². The van der Waals surface area contributed by atoms with Crippen LogP contribution in [0.5, 0.6) is 0 Å². The van der Waals surface area contributed by atoms with Crippen molar-refractivity contribution in [3.8, 4) is 0 Å². The summed E-state index contributed by atoms with van der Waals surface area (Å²) in [6.07, 6.45) is 5.56. The lowest BCUT2D eigenvalue weighted by atomic mass is 9.53. The predicted octanol–water partition coefficient (Wildman–Crippen LogP) is 2.30. The highest BCUT2D eigenvalue weighted by molar-refractivity contribution is 5.87. The van der Waals surface area contributed by atoms with Crippen LogP contribution in [0.15, 0.2) is 24.8 Å². The van der Waals surface area contributed by atoms with Gasteiger partial charge in [-0.3, -0.25) is 0 Å². The van der Waals surface area contributed by atoms with Gasteiger partial charge in [0.2, 0.25) is 0 Å². The normalized spacial score (nSPS) is 37.7. The summed E-state index contributed by atoms with van der Waals surface area (Å²) in [6, 6.07) is 0. The van der Waals surface area contributed by atoms with E-state index >= 15 is 0 Å². The zero-order valence-electron chi connectivity index (χ0n) is 13.0. The second kappa shape index (κ2) is 6.24. The molecule has 0 spiro atoms. The summed E-state index contributed by atoms with van der Waals surface area (Å²) in [6.45, 7) is 8.24. The summed E-state index contributed by atoms with van der Waals surface area (Å²) in [5.74, 6) is 0.317. The van der Waals surface area contributed by atoms with Crippen molar-refractivity contribution in [1.29, 1.82) is 0 Å². The first-order chi connectivity index (χ1) is 10.3. The monoisotopic (exact) mass is 308 g/mol. The maximum Gasteiger partial charge on any atom is 0.333 e. The van der Waals surface area contributed by atoms with Gasteiger partial charge in [0.15, 0.2) is 0 Å². The van der Waals surface area contributed by atoms with E-state index in [-0.39, 0.29) is 5.97 Å². The quantitative estimate of drug-likeness (QED) is 0.617. The Morgan fingerprint density at radius 2 is 1.73 bits per heavy atom. The van der Waals surface area contributed by atoms with Gasteiger partial charge in [-0.15, -0.1) is 0 Å². The Kier molecular flexibility index (Phi) is 4.75. The van der Waals surface area contributed by atoms with Gasteiger partial charge in [-0.2, -0.15) is 0 Å². The molecule has 4 bridgehead atoms. The number of aliphatic hydroxyl groups is 1. The summed E-state index contributed by atoms with van der Waals surface area (Å²) in [5, 5.41) is 18.0. The Morgan fingerprint density at radius 3 is 2.14 bits per heavy atom. The molecule has 3 unspecified atom stereocenters. The van der Waals surface area contributed by atoms with Crippen molar-refractivity contribution in [3.05, 3.63) is 24.8 Å². The number of aliphatic carboxylic acids is 1. The molecule has 5 heteroatoms. The molecule has 4 aliphatic rings. The van der Waals surface area contributed by atoms with Crippen LogP contribution < -0.4 is 0 Å². The molecule has 0 aromatic rings. The molecule has 0 saturated heterocycles. The van der Waals surface area contributed by atoms with Crippen LogP contribution in [0, 0.1) is 17.8 Å². The molecule has 5 nitrogen and oxygen atoms in total. The zero-order valence-corrected chi connectivity index (χ0v) is 13.0. The van der Waals surface area contributed by atoms with Crippen LogP contribution in [0.25, 0.3) is 0 Å². The van der Waals surface area contributed by atoms with Crippen LogP contribution in [-0.4, -0.2) is 33.9 Å². The lowest BCUT2D eigenvalue weighted by molar-refractivity contribution is -0.224. The van der Waals surface area contributed by atoms with Crippen LogP contribution in [0.3, 0.4) is 0 Å². The van der Waals surface area contributed by atoms with E-state index in [2.05, 4.69) is 13.2 Å². The Morgan fingerprint density at radius 1 is 1.23 bits per heavy atom. The van der Waals surface area contributed by atoms with E-state index in [9.17, 15) is 14.7 Å². The maximum atomic E-state index is 11.7. The number of rotatable bonds is 3. The highest BCUT2D eigenvalue weighted by Crippen LogP contribution is 2.57. The lowest BCUT2D eigenvalue weighted by Crippen LogP contribution is -2.62. The van der Waals surface area contributed by atoms with Crippen LogP contribution in [0.4, 0.5) is 0 Å². The third kappa shape index (κ3) is 3.24. The van der Waals surface area contributed by atoms with Crippen molar-refractivity contribution in [1.82, 2.24) is 0 Å². The van der Waals surface area contributed by atoms with Crippen molar-refractivity contribution in [3.63, 3.8) is 0 Å². The fourth-order valence-corrected chi connectivity index (χ4v) is 4.35. The molecule has 122 valence electrons. The number of ether oxygens (including phenoxy) is 1. The molecule has 4 rings (SSSR count). The van der Waals surface area contributed by atoms with Crippen molar-refractivity contribution in [2.45, 2.75) is 50.7 Å². The second-order valence-electron chi connectivity index (χ2n) is 6.83. The largest absolute Gasteiger partial charge is 0.478 e. The molecule has 0 heterocycles. The average molecular weight is 308 g/mol. The molecule has 0 aliphatic heterocycles. The van der Waals surface area contributed by atoms with Gasteiger partial charge >= 0.3 is 11.9 Å². The Labute approximate surface area is 130 Å². The van der Waals surface area contributed by atoms with Crippen molar-refractivity contribution < 1.29 is 24.5 Å². The smallest absolute Gasteiger partial charge is 0.333 e. The first kappa shape index (κ1) is 16.7. The summed E-state index contributed by atoms with van der Waals surface area (Å²) >= 11 is 0. The minimum Gasteiger partial charge on any atom is -0.478 e. The molecule has 0 aromatic carbocycles. The van der Waals surface area contributed by atoms with Crippen molar-refractivity contribution >= 4 is 11.9 Å². The van der Waals surface area contributed by atoms with Gasteiger partial charge in [-0.1, -0.05) is 13.2 Å². The first-order valence-corrected chi connectivity index (χ1v) is 7.69. The lowest BCUT2D eigenvalue weighted by Gasteiger charge is -2.58. The molecule has 0 aromatic heterocycles. The van der Waals surface area contributed by atoms with E-state index in [4.69, 9.17) is 9.84 Å². The number of aliphatic hydroxyl groups excluding tert-OH is 1. The van der Waals surface area contributed by atoms with Gasteiger partial charge in [0, 0.05) is 11.6 Å². The molecule has 0 radical (unpaired) electrons. The highest BCUT2D eigenvalue weighted by atomic mass is 16.6. The summed E-state index contributed by atoms with van der Waals surface area (Å²) < 4.78 is 5.64. The Balaban J connectivity index is 0.000000309. The Bertz CT molecular complexity index is 481. The molecule has 4 aliphatic carbocycles. The molecule has 4 saturated carbocycles. The number of carbonyl (C=O) groups is 2. The fourth-order valence-electron chi connectivity index (χ4n) is 4.35. The molecule has 22 heavy (non-hydrogen) atoms. The van der Waals surface area contributed by atoms with Gasteiger partial charge in [-0.25, -0.2) is 9.59 Å². The molecule has 4 fully saturated rings. The van der Waals surface area contributed by atoms with Crippen LogP contribution in [0.1, 0.15) is 39.0 Å². The minimum atomic E-state index is -0.981. The van der Waals surface area contributed by atoms with Gasteiger partial charge in [-0.05, 0) is 56.8 Å². The van der Waals surface area contributed by atoms with E-state index in [0.717, 1.165) is 31.8 Å². The maximum absolute atomic E-state index is 11.7. The molecular formula is C17H24O5. The summed E-state index contributed by atoms with van der Waals surface area (Å²) in [4.78, 5) is 21.0. The number of carboxylic acid groups (broad SMARTS) is 1. The summed E-state index contributed by atoms with van der Waals surface area (Å²) in [7, 11) is 0. The highest BCUT2D eigenvalue weighted by Gasteiger charge is 2.59. The predicted molar refractivity (Wildman–Crippen MR) is 81.0 cm³/mol. The first-order valence-electron chi connectivity index (χ1n) is 7.69. The third-order valence-electron chi connectivity index (χ3n) is 5.01. The van der Waals surface area contributed by atoms with E-state index in [0.29, 0.717) is 23.3 Å². The number of hydrogen-bond donors (Lipinski definition) is 2. The van der Waals surface area contributed by atoms with Gasteiger partial charge in [0.25, 0.3) is 0 Å². The number of carboxylic acids is 1. The fraction of sp³-hybridized carbons (Fsp3) is 0.647. The number of hydrogen-bond acceptors (Lipinski definition) is 4. The van der Waals surface area contributed by atoms with E-state index < -0.39 is 17.7 Å². The topological polar surface area (TPSA) is 83.8 Å². The molecule has 2 N–H and O–H groups in total. The van der Waals surface area contributed by atoms with Crippen LogP contribution >= 0.6 is 0 Å². The molecular weight excluding hydrogens is 284 g/mol. The second-order valence-corrected chi connectivity index (χ2v) is 6.83. The van der Waals surface area contributed by atoms with E-state index in [1.165, 1.54) is 6.42 Å². The summed E-state index contributed by atoms with van der Waals surface area (Å²) in [5.41, 5.74) is -0.168. The van der Waals surface area contributed by atoms with E-state index in [1.807, 2.05) is 0 Å². The van der Waals surface area contributed by atoms with Gasteiger partial charge in [0.05, 0.1) is 6.10 Å². The SMILES string of the molecule is C=C(C)C(=O)OC12CC3CC(CC(C3)C1O)C2.C=CC(=O)O. The minimum absolute atomic E-state index is 0.342. The van der Waals surface area contributed by atoms with Crippen molar-refractivity contribution in [2.75, 3.05) is 0 Å². The van der Waals surface area contributed by atoms with Gasteiger partial charge in [0.1, 0.15) is 5.60 Å². The standard InChI is InChI=1S/C14H20O3.C3H4O2/c1-8(2)13(16)17-14-6-9-3-10(7-14)5-11(4-9)12(14)15;1-2-3(4)5/h9-12,15H,1,3-7H2,2H3;2H,1H2,(H,4,5).